The second-order valence-corrected chi connectivity index (χ2v) is 4.15. The van der Waals surface area contributed by atoms with Crippen LogP contribution < -0.4 is 0 Å². The van der Waals surface area contributed by atoms with Crippen LogP contribution in [-0.2, 0) is 4.74 Å². The molecule has 0 bridgehead atoms. The summed E-state index contributed by atoms with van der Waals surface area (Å²) in [6.07, 6.45) is 0.408. The average Bonchev–Trinajstić information content (AvgIpc) is 2.64. The molecule has 6 nitrogen and oxygen atoms in total. The van der Waals surface area contributed by atoms with Crippen molar-refractivity contribution in [3.63, 3.8) is 0 Å². The monoisotopic (exact) mass is 248 g/mol. The van der Waals surface area contributed by atoms with E-state index in [0.29, 0.717) is 11.1 Å². The van der Waals surface area contributed by atoms with Crippen LogP contribution in [0.1, 0.15) is 22.0 Å². The van der Waals surface area contributed by atoms with Gasteiger partial charge in [-0.05, 0) is 6.07 Å². The molecule has 0 N–H and O–H groups in total. The van der Waals surface area contributed by atoms with Crippen LogP contribution in [0.2, 0.25) is 0 Å². The van der Waals surface area contributed by atoms with E-state index < -0.39 is 17.0 Å². The molecule has 2 rings (SSSR count). The van der Waals surface area contributed by atoms with Crippen molar-refractivity contribution in [1.29, 1.82) is 0 Å². The van der Waals surface area contributed by atoms with Crippen LogP contribution in [0, 0.1) is 10.1 Å². The zero-order chi connectivity index (χ0) is 13.3. The highest BCUT2D eigenvalue weighted by atomic mass is 16.6. The summed E-state index contributed by atoms with van der Waals surface area (Å²) in [7, 11) is 3.35. The maximum atomic E-state index is 11.6. The fourth-order valence-corrected chi connectivity index (χ4v) is 1.84. The summed E-state index contributed by atoms with van der Waals surface area (Å²) in [5, 5.41) is 11.1. The standard InChI is InChI=1S/C12H12N2O4/c1-13(2)7-10(14(16)17)11-8-5-3-4-6-9(8)12(15)18-11/h3-7,11H,1-2H3. The summed E-state index contributed by atoms with van der Waals surface area (Å²) >= 11 is 0. The molecule has 1 aliphatic rings. The van der Waals surface area contributed by atoms with Crippen molar-refractivity contribution < 1.29 is 14.5 Å². The third-order valence-corrected chi connectivity index (χ3v) is 2.56. The Morgan fingerprint density at radius 1 is 1.44 bits per heavy atom. The van der Waals surface area contributed by atoms with Crippen LogP contribution in [0.3, 0.4) is 0 Å². The van der Waals surface area contributed by atoms with Crippen molar-refractivity contribution in [1.82, 2.24) is 4.90 Å². The Kier molecular flexibility index (Phi) is 3.01. The number of nitrogens with zero attached hydrogens (tertiary/aromatic N) is 2. The van der Waals surface area contributed by atoms with E-state index in [4.69, 9.17) is 4.74 Å². The minimum absolute atomic E-state index is 0.154. The van der Waals surface area contributed by atoms with Crippen molar-refractivity contribution in [2.24, 2.45) is 0 Å². The number of carbonyl (C=O) groups excluding carboxylic acids is 1. The third-order valence-electron chi connectivity index (χ3n) is 2.56. The van der Waals surface area contributed by atoms with Gasteiger partial charge < -0.3 is 9.64 Å². The highest BCUT2D eigenvalue weighted by molar-refractivity contribution is 5.94. The zero-order valence-electron chi connectivity index (χ0n) is 9.99. The Morgan fingerprint density at radius 3 is 2.72 bits per heavy atom. The Hall–Kier alpha value is -2.37. The van der Waals surface area contributed by atoms with E-state index >= 15 is 0 Å². The normalized spacial score (nSPS) is 18.2. The van der Waals surface area contributed by atoms with Crippen LogP contribution in [0.5, 0.6) is 0 Å². The van der Waals surface area contributed by atoms with Crippen molar-refractivity contribution in [3.05, 3.63) is 57.4 Å². The smallest absolute Gasteiger partial charge is 0.339 e. The fraction of sp³-hybridized carbons (Fsp3) is 0.250. The first-order valence-electron chi connectivity index (χ1n) is 5.33. The number of hydrogen-bond acceptors (Lipinski definition) is 5. The molecule has 0 saturated carbocycles. The largest absolute Gasteiger partial charge is 0.442 e. The molecule has 0 aromatic heterocycles. The molecule has 1 unspecified atom stereocenters. The molecule has 0 spiro atoms. The number of benzene rings is 1. The van der Waals surface area contributed by atoms with E-state index in [-0.39, 0.29) is 5.70 Å². The highest BCUT2D eigenvalue weighted by Crippen LogP contribution is 2.35. The first kappa shape index (κ1) is 12.1. The van der Waals surface area contributed by atoms with Gasteiger partial charge in [-0.2, -0.15) is 0 Å². The lowest BCUT2D eigenvalue weighted by Gasteiger charge is -2.10. The van der Waals surface area contributed by atoms with Gasteiger partial charge in [0.25, 0.3) is 0 Å². The van der Waals surface area contributed by atoms with Gasteiger partial charge in [0.15, 0.2) is 0 Å². The van der Waals surface area contributed by atoms with Crippen molar-refractivity contribution in [2.45, 2.75) is 6.10 Å². The minimum atomic E-state index is -0.939. The second kappa shape index (κ2) is 4.48. The summed E-state index contributed by atoms with van der Waals surface area (Å²) < 4.78 is 5.08. The van der Waals surface area contributed by atoms with E-state index in [1.165, 1.54) is 6.20 Å². The Labute approximate surface area is 104 Å². The molecule has 0 fully saturated rings. The van der Waals surface area contributed by atoms with Gasteiger partial charge in [0.05, 0.1) is 16.7 Å². The molecule has 1 aliphatic heterocycles. The minimum Gasteiger partial charge on any atom is -0.442 e. The second-order valence-electron chi connectivity index (χ2n) is 4.15. The van der Waals surface area contributed by atoms with Gasteiger partial charge >= 0.3 is 11.7 Å². The van der Waals surface area contributed by atoms with Crippen LogP contribution >= 0.6 is 0 Å². The van der Waals surface area contributed by atoms with Gasteiger partial charge in [0.2, 0.25) is 6.10 Å². The van der Waals surface area contributed by atoms with Crippen LogP contribution in [0.15, 0.2) is 36.2 Å². The Morgan fingerprint density at radius 2 is 2.11 bits per heavy atom. The van der Waals surface area contributed by atoms with Gasteiger partial charge in [0, 0.05) is 19.7 Å². The summed E-state index contributed by atoms with van der Waals surface area (Å²) in [5.74, 6) is -0.526. The average molecular weight is 248 g/mol. The molecule has 1 aromatic carbocycles. The van der Waals surface area contributed by atoms with Gasteiger partial charge in [-0.1, -0.05) is 18.2 Å². The van der Waals surface area contributed by atoms with Gasteiger partial charge in [-0.3, -0.25) is 10.1 Å². The van der Waals surface area contributed by atoms with E-state index in [2.05, 4.69) is 0 Å². The molecule has 18 heavy (non-hydrogen) atoms. The number of esters is 1. The predicted molar refractivity (Wildman–Crippen MR) is 63.4 cm³/mol. The highest BCUT2D eigenvalue weighted by Gasteiger charge is 2.39. The maximum absolute atomic E-state index is 11.6. The van der Waals surface area contributed by atoms with Gasteiger partial charge in [-0.15, -0.1) is 0 Å². The summed E-state index contributed by atoms with van der Waals surface area (Å²) in [6, 6.07) is 6.69. The molecule has 1 aromatic rings. The summed E-state index contributed by atoms with van der Waals surface area (Å²) in [4.78, 5) is 23.7. The van der Waals surface area contributed by atoms with Crippen molar-refractivity contribution in [3.8, 4) is 0 Å². The number of fused-ring (bicyclic) bond motifs is 1. The lowest BCUT2D eigenvalue weighted by molar-refractivity contribution is -0.437. The molecular weight excluding hydrogens is 236 g/mol. The number of hydrogen-bond donors (Lipinski definition) is 0. The van der Waals surface area contributed by atoms with Crippen molar-refractivity contribution in [2.75, 3.05) is 14.1 Å². The molecule has 0 saturated heterocycles. The molecular formula is C12H12N2O4. The summed E-state index contributed by atoms with van der Waals surface area (Å²) in [5.41, 5.74) is 0.764. The van der Waals surface area contributed by atoms with Gasteiger partial charge in [0.1, 0.15) is 0 Å². The zero-order valence-corrected chi connectivity index (χ0v) is 9.99. The Balaban J connectivity index is 2.47. The number of ether oxygens (including phenoxy) is 1. The van der Waals surface area contributed by atoms with E-state index in [1.54, 1.807) is 43.3 Å². The number of cyclic esters (lactones) is 1. The number of carbonyl (C=O) groups is 1. The molecule has 94 valence electrons. The molecule has 0 aliphatic carbocycles. The lowest BCUT2D eigenvalue weighted by Crippen LogP contribution is -2.15. The third kappa shape index (κ3) is 2.04. The van der Waals surface area contributed by atoms with E-state index in [1.807, 2.05) is 0 Å². The SMILES string of the molecule is CN(C)C=C(C1OC(=O)c2ccccc21)[N+](=O)[O-]. The molecule has 6 heteroatoms. The fourth-order valence-electron chi connectivity index (χ4n) is 1.84. The first-order chi connectivity index (χ1) is 8.50. The topological polar surface area (TPSA) is 72.7 Å². The molecule has 0 amide bonds. The quantitative estimate of drug-likeness (QED) is 0.461. The van der Waals surface area contributed by atoms with Gasteiger partial charge in [-0.25, -0.2) is 4.79 Å². The predicted octanol–water partition coefficient (Wildman–Crippen LogP) is 1.58. The number of nitro groups is 1. The first-order valence-corrected chi connectivity index (χ1v) is 5.33. The number of rotatable bonds is 3. The summed E-state index contributed by atoms with van der Waals surface area (Å²) in [6.45, 7) is 0. The van der Waals surface area contributed by atoms with Crippen LogP contribution in [-0.4, -0.2) is 29.9 Å². The van der Waals surface area contributed by atoms with E-state index in [0.717, 1.165) is 0 Å². The maximum Gasteiger partial charge on any atom is 0.339 e. The lowest BCUT2D eigenvalue weighted by atomic mass is 10.0. The van der Waals surface area contributed by atoms with Crippen LogP contribution in [0.25, 0.3) is 0 Å². The van der Waals surface area contributed by atoms with E-state index in [9.17, 15) is 14.9 Å². The molecule has 1 heterocycles. The molecule has 0 radical (unpaired) electrons. The van der Waals surface area contributed by atoms with Crippen molar-refractivity contribution >= 4 is 5.97 Å². The Bertz CT molecular complexity index is 537. The van der Waals surface area contributed by atoms with Crippen LogP contribution in [0.4, 0.5) is 0 Å². The molecule has 1 atom stereocenters.